The molecule has 1 amide bonds. The van der Waals surface area contributed by atoms with Crippen molar-refractivity contribution in [3.63, 3.8) is 0 Å². The highest BCUT2D eigenvalue weighted by molar-refractivity contribution is 9.10. The number of aryl methyl sites for hydroxylation is 1. The number of anilines is 1. The van der Waals surface area contributed by atoms with Crippen LogP contribution in [-0.4, -0.2) is 5.91 Å². The number of hydrogen-bond acceptors (Lipinski definition) is 3. The minimum absolute atomic E-state index is 0.192. The summed E-state index contributed by atoms with van der Waals surface area (Å²) in [6, 6.07) is 10.9. The van der Waals surface area contributed by atoms with Crippen molar-refractivity contribution >= 4 is 38.9 Å². The van der Waals surface area contributed by atoms with Crippen LogP contribution in [0.2, 0.25) is 0 Å². The summed E-state index contributed by atoms with van der Waals surface area (Å²) in [6.07, 6.45) is 0. The topological polar surface area (TPSA) is 52.9 Å². The average Bonchev–Trinajstić information content (AvgIpc) is 2.76. The molecular formula is C13H9BrN2OS. The van der Waals surface area contributed by atoms with Crippen molar-refractivity contribution in [1.82, 2.24) is 0 Å². The lowest BCUT2D eigenvalue weighted by molar-refractivity contribution is 0.103. The van der Waals surface area contributed by atoms with E-state index in [4.69, 9.17) is 5.26 Å². The fourth-order valence-corrected chi connectivity index (χ4v) is 2.58. The van der Waals surface area contributed by atoms with Crippen LogP contribution in [0.5, 0.6) is 0 Å². The van der Waals surface area contributed by atoms with E-state index in [1.165, 1.54) is 11.3 Å². The van der Waals surface area contributed by atoms with Crippen LogP contribution in [-0.2, 0) is 0 Å². The molecule has 0 aliphatic heterocycles. The van der Waals surface area contributed by atoms with Gasteiger partial charge in [0.25, 0.3) is 5.91 Å². The van der Waals surface area contributed by atoms with Crippen LogP contribution in [0.1, 0.15) is 20.1 Å². The molecule has 18 heavy (non-hydrogen) atoms. The number of nitrogens with zero attached hydrogens (tertiary/aromatic N) is 1. The Hall–Kier alpha value is -1.64. The Kier molecular flexibility index (Phi) is 3.80. The first-order valence-corrected chi connectivity index (χ1v) is 6.78. The van der Waals surface area contributed by atoms with Crippen LogP contribution >= 0.6 is 27.3 Å². The summed E-state index contributed by atoms with van der Waals surface area (Å²) in [5, 5.41) is 11.7. The average molecular weight is 321 g/mol. The van der Waals surface area contributed by atoms with E-state index in [-0.39, 0.29) is 5.91 Å². The number of amides is 1. The molecule has 0 aliphatic rings. The van der Waals surface area contributed by atoms with Gasteiger partial charge in [0, 0.05) is 9.35 Å². The number of halogens is 1. The van der Waals surface area contributed by atoms with Gasteiger partial charge in [-0.05, 0) is 37.3 Å². The van der Waals surface area contributed by atoms with E-state index >= 15 is 0 Å². The second kappa shape index (κ2) is 5.34. The summed E-state index contributed by atoms with van der Waals surface area (Å²) in [7, 11) is 0. The standard InChI is InChI=1S/C13H9BrN2OS/c1-8-2-5-12(18-8)13(17)16-11-6-10(14)4-3-9(11)7-15/h2-6H,1H3,(H,16,17). The number of hydrogen-bond donors (Lipinski definition) is 1. The largest absolute Gasteiger partial charge is 0.320 e. The summed E-state index contributed by atoms with van der Waals surface area (Å²) in [6.45, 7) is 1.95. The van der Waals surface area contributed by atoms with E-state index in [0.717, 1.165) is 9.35 Å². The van der Waals surface area contributed by atoms with E-state index in [1.54, 1.807) is 24.3 Å². The van der Waals surface area contributed by atoms with Crippen LogP contribution in [0, 0.1) is 18.3 Å². The monoisotopic (exact) mass is 320 g/mol. The summed E-state index contributed by atoms with van der Waals surface area (Å²) in [5.41, 5.74) is 0.961. The van der Waals surface area contributed by atoms with E-state index in [2.05, 4.69) is 27.3 Å². The molecule has 0 spiro atoms. The molecule has 1 aromatic carbocycles. The Morgan fingerprint density at radius 3 is 2.78 bits per heavy atom. The first-order valence-electron chi connectivity index (χ1n) is 5.17. The van der Waals surface area contributed by atoms with Gasteiger partial charge >= 0.3 is 0 Å². The zero-order valence-corrected chi connectivity index (χ0v) is 11.9. The molecule has 2 rings (SSSR count). The maximum atomic E-state index is 12.0. The lowest BCUT2D eigenvalue weighted by Gasteiger charge is -2.06. The molecule has 3 nitrogen and oxygen atoms in total. The molecule has 0 bridgehead atoms. The van der Waals surface area contributed by atoms with Crippen molar-refractivity contribution in [2.45, 2.75) is 6.92 Å². The normalized spacial score (nSPS) is 9.83. The van der Waals surface area contributed by atoms with Crippen molar-refractivity contribution in [3.8, 4) is 6.07 Å². The van der Waals surface area contributed by atoms with Crippen molar-refractivity contribution in [2.24, 2.45) is 0 Å². The van der Waals surface area contributed by atoms with Crippen LogP contribution in [0.15, 0.2) is 34.8 Å². The summed E-state index contributed by atoms with van der Waals surface area (Å²) >= 11 is 4.74. The molecule has 1 N–H and O–H groups in total. The highest BCUT2D eigenvalue weighted by Gasteiger charge is 2.11. The van der Waals surface area contributed by atoms with Gasteiger partial charge in [-0.1, -0.05) is 15.9 Å². The molecule has 0 fully saturated rings. The molecule has 0 radical (unpaired) electrons. The molecule has 5 heteroatoms. The first kappa shape index (κ1) is 12.8. The van der Waals surface area contributed by atoms with E-state index in [9.17, 15) is 4.79 Å². The third-order valence-corrected chi connectivity index (χ3v) is 3.81. The number of carbonyl (C=O) groups is 1. The Morgan fingerprint density at radius 1 is 1.39 bits per heavy atom. The summed E-state index contributed by atoms with van der Waals surface area (Å²) in [5.74, 6) is -0.192. The van der Waals surface area contributed by atoms with Crippen molar-refractivity contribution in [1.29, 1.82) is 5.26 Å². The minimum Gasteiger partial charge on any atom is -0.320 e. The third kappa shape index (κ3) is 2.78. The fourth-order valence-electron chi connectivity index (χ4n) is 1.46. The zero-order valence-electron chi connectivity index (χ0n) is 9.53. The van der Waals surface area contributed by atoms with E-state index < -0.39 is 0 Å². The number of carbonyl (C=O) groups excluding carboxylic acids is 1. The molecule has 2 aromatic rings. The van der Waals surface area contributed by atoms with Gasteiger partial charge in [0.1, 0.15) is 6.07 Å². The number of thiophene rings is 1. The number of rotatable bonds is 2. The van der Waals surface area contributed by atoms with Crippen molar-refractivity contribution in [2.75, 3.05) is 5.32 Å². The van der Waals surface area contributed by atoms with Gasteiger partial charge < -0.3 is 5.32 Å². The van der Waals surface area contributed by atoms with Gasteiger partial charge in [0.15, 0.2) is 0 Å². The lowest BCUT2D eigenvalue weighted by Crippen LogP contribution is -2.11. The maximum absolute atomic E-state index is 12.0. The van der Waals surface area contributed by atoms with Gasteiger partial charge in [0.05, 0.1) is 16.1 Å². The molecular weight excluding hydrogens is 312 g/mol. The number of nitriles is 1. The van der Waals surface area contributed by atoms with E-state index in [1.807, 2.05) is 13.0 Å². The van der Waals surface area contributed by atoms with Gasteiger partial charge in [-0.3, -0.25) is 4.79 Å². The van der Waals surface area contributed by atoms with Crippen LogP contribution in [0.3, 0.4) is 0 Å². The minimum atomic E-state index is -0.192. The molecule has 0 aliphatic carbocycles. The van der Waals surface area contributed by atoms with Crippen LogP contribution in [0.25, 0.3) is 0 Å². The first-order chi connectivity index (χ1) is 8.60. The van der Waals surface area contributed by atoms with Gasteiger partial charge in [-0.25, -0.2) is 0 Å². The smallest absolute Gasteiger partial charge is 0.265 e. The second-order valence-corrected chi connectivity index (χ2v) is 5.87. The Morgan fingerprint density at radius 2 is 2.17 bits per heavy atom. The quantitative estimate of drug-likeness (QED) is 0.911. The third-order valence-electron chi connectivity index (χ3n) is 2.31. The molecule has 0 atom stereocenters. The van der Waals surface area contributed by atoms with Crippen LogP contribution in [0.4, 0.5) is 5.69 Å². The second-order valence-electron chi connectivity index (χ2n) is 3.67. The summed E-state index contributed by atoms with van der Waals surface area (Å²) < 4.78 is 0.819. The van der Waals surface area contributed by atoms with Crippen molar-refractivity contribution in [3.05, 3.63) is 50.1 Å². The molecule has 1 heterocycles. The van der Waals surface area contributed by atoms with Gasteiger partial charge in [-0.15, -0.1) is 11.3 Å². The number of benzene rings is 1. The van der Waals surface area contributed by atoms with Crippen molar-refractivity contribution < 1.29 is 4.79 Å². The van der Waals surface area contributed by atoms with Crippen LogP contribution < -0.4 is 5.32 Å². The molecule has 0 saturated carbocycles. The predicted octanol–water partition coefficient (Wildman–Crippen LogP) is 3.94. The fraction of sp³-hybridized carbons (Fsp3) is 0.0769. The lowest BCUT2D eigenvalue weighted by atomic mass is 10.2. The Labute approximate surface area is 117 Å². The molecule has 90 valence electrons. The SMILES string of the molecule is Cc1ccc(C(=O)Nc2cc(Br)ccc2C#N)s1. The highest BCUT2D eigenvalue weighted by Crippen LogP contribution is 2.23. The number of nitrogens with one attached hydrogen (secondary N) is 1. The zero-order chi connectivity index (χ0) is 13.1. The molecule has 1 aromatic heterocycles. The Balaban J connectivity index is 2.27. The Bertz CT molecular complexity index is 643. The maximum Gasteiger partial charge on any atom is 0.265 e. The highest BCUT2D eigenvalue weighted by atomic mass is 79.9. The molecule has 0 saturated heterocycles. The predicted molar refractivity (Wildman–Crippen MR) is 75.9 cm³/mol. The van der Waals surface area contributed by atoms with Gasteiger partial charge in [0.2, 0.25) is 0 Å². The molecule has 0 unspecified atom stereocenters. The van der Waals surface area contributed by atoms with Gasteiger partial charge in [-0.2, -0.15) is 5.26 Å². The summed E-state index contributed by atoms with van der Waals surface area (Å²) in [4.78, 5) is 13.7. The van der Waals surface area contributed by atoms with E-state index in [0.29, 0.717) is 16.1 Å².